The summed E-state index contributed by atoms with van der Waals surface area (Å²) in [6.45, 7) is 4.76. The van der Waals surface area contributed by atoms with Gasteiger partial charge < -0.3 is 15.2 Å². The molecule has 0 aliphatic rings. The lowest BCUT2D eigenvalue weighted by molar-refractivity contribution is -0.139. The second-order valence-corrected chi connectivity index (χ2v) is 5.48. The minimum atomic E-state index is -0.869. The molecule has 0 saturated carbocycles. The highest BCUT2D eigenvalue weighted by molar-refractivity contribution is 5.94. The molecule has 1 unspecified atom stereocenters. The first kappa shape index (κ1) is 15.3. The molecule has 0 amide bonds. The summed E-state index contributed by atoms with van der Waals surface area (Å²) in [7, 11) is 1.62. The van der Waals surface area contributed by atoms with E-state index in [-0.39, 0.29) is 0 Å². The first-order chi connectivity index (χ1) is 10.0. The van der Waals surface area contributed by atoms with Gasteiger partial charge >= 0.3 is 5.97 Å². The Morgan fingerprint density at radius 3 is 2.43 bits per heavy atom. The molecule has 2 aromatic carbocycles. The summed E-state index contributed by atoms with van der Waals surface area (Å²) in [5.74, 6) is 0.268. The molecule has 0 aromatic heterocycles. The number of methoxy groups -OCH3 is 1. The molecule has 0 fully saturated rings. The third-order valence-corrected chi connectivity index (χ3v) is 3.43. The molecular weight excluding hydrogens is 266 g/mol. The standard InChI is InChI=1S/C17H21NO3/c1-11(2)10-18-16(17(19)20)14-8-9-15(21-3)13-7-5-4-6-12(13)14/h4-9,11,16,18H,10H2,1-3H3,(H,19,20). The van der Waals surface area contributed by atoms with Gasteiger partial charge in [-0.2, -0.15) is 0 Å². The van der Waals surface area contributed by atoms with E-state index in [1.807, 2.05) is 36.4 Å². The molecule has 0 spiro atoms. The van der Waals surface area contributed by atoms with E-state index in [0.29, 0.717) is 12.5 Å². The number of aliphatic carboxylic acids is 1. The minimum absolute atomic E-state index is 0.386. The summed E-state index contributed by atoms with van der Waals surface area (Å²) < 4.78 is 5.35. The van der Waals surface area contributed by atoms with Crippen LogP contribution < -0.4 is 10.1 Å². The van der Waals surface area contributed by atoms with Crippen molar-refractivity contribution < 1.29 is 14.6 Å². The number of rotatable bonds is 6. The maximum Gasteiger partial charge on any atom is 0.325 e. The molecule has 2 N–H and O–H groups in total. The van der Waals surface area contributed by atoms with Crippen LogP contribution >= 0.6 is 0 Å². The van der Waals surface area contributed by atoms with Crippen LogP contribution in [0.5, 0.6) is 5.75 Å². The van der Waals surface area contributed by atoms with Crippen LogP contribution in [-0.2, 0) is 4.79 Å². The number of carbonyl (C=O) groups is 1. The lowest BCUT2D eigenvalue weighted by Crippen LogP contribution is -2.31. The summed E-state index contributed by atoms with van der Waals surface area (Å²) in [4.78, 5) is 11.6. The Kier molecular flexibility index (Phi) is 4.81. The van der Waals surface area contributed by atoms with Gasteiger partial charge in [0.05, 0.1) is 7.11 Å². The van der Waals surface area contributed by atoms with Crippen molar-refractivity contribution in [2.75, 3.05) is 13.7 Å². The van der Waals surface area contributed by atoms with E-state index in [0.717, 1.165) is 22.1 Å². The van der Waals surface area contributed by atoms with Crippen LogP contribution in [-0.4, -0.2) is 24.7 Å². The fraction of sp³-hybridized carbons (Fsp3) is 0.353. The number of benzene rings is 2. The van der Waals surface area contributed by atoms with Gasteiger partial charge in [-0.25, -0.2) is 0 Å². The number of carboxylic acid groups (broad SMARTS) is 1. The zero-order valence-corrected chi connectivity index (χ0v) is 12.6. The van der Waals surface area contributed by atoms with Gasteiger partial charge in [0.1, 0.15) is 11.8 Å². The van der Waals surface area contributed by atoms with Gasteiger partial charge in [-0.05, 0) is 29.5 Å². The van der Waals surface area contributed by atoms with Crippen LogP contribution in [0.15, 0.2) is 36.4 Å². The number of carboxylic acids is 1. The van der Waals surface area contributed by atoms with Crippen molar-refractivity contribution in [1.82, 2.24) is 5.32 Å². The van der Waals surface area contributed by atoms with Crippen LogP contribution in [0, 0.1) is 5.92 Å². The summed E-state index contributed by atoms with van der Waals surface area (Å²) in [5, 5.41) is 14.5. The van der Waals surface area contributed by atoms with Crippen molar-refractivity contribution in [1.29, 1.82) is 0 Å². The molecular formula is C17H21NO3. The SMILES string of the molecule is COc1ccc(C(NCC(C)C)C(=O)O)c2ccccc12. The van der Waals surface area contributed by atoms with Gasteiger partial charge in [0.25, 0.3) is 0 Å². The Morgan fingerprint density at radius 2 is 1.86 bits per heavy atom. The highest BCUT2D eigenvalue weighted by atomic mass is 16.5. The first-order valence-corrected chi connectivity index (χ1v) is 7.06. The van der Waals surface area contributed by atoms with Crippen molar-refractivity contribution in [3.05, 3.63) is 42.0 Å². The predicted octanol–water partition coefficient (Wildman–Crippen LogP) is 3.22. The molecule has 1 atom stereocenters. The van der Waals surface area contributed by atoms with E-state index in [9.17, 15) is 9.90 Å². The van der Waals surface area contributed by atoms with Crippen LogP contribution in [0.25, 0.3) is 10.8 Å². The van der Waals surface area contributed by atoms with Crippen LogP contribution in [0.2, 0.25) is 0 Å². The highest BCUT2D eigenvalue weighted by Gasteiger charge is 2.22. The normalized spacial score (nSPS) is 12.6. The molecule has 4 heteroatoms. The van der Waals surface area contributed by atoms with E-state index < -0.39 is 12.0 Å². The van der Waals surface area contributed by atoms with E-state index in [1.54, 1.807) is 7.11 Å². The van der Waals surface area contributed by atoms with E-state index >= 15 is 0 Å². The Hall–Kier alpha value is -2.07. The van der Waals surface area contributed by atoms with Gasteiger partial charge in [-0.3, -0.25) is 4.79 Å². The third kappa shape index (κ3) is 3.34. The molecule has 0 aliphatic carbocycles. The highest BCUT2D eigenvalue weighted by Crippen LogP contribution is 2.31. The molecule has 112 valence electrons. The zero-order valence-electron chi connectivity index (χ0n) is 12.6. The molecule has 0 radical (unpaired) electrons. The van der Waals surface area contributed by atoms with Crippen molar-refractivity contribution in [3.8, 4) is 5.75 Å². The summed E-state index contributed by atoms with van der Waals surface area (Å²) in [6.07, 6.45) is 0. The first-order valence-electron chi connectivity index (χ1n) is 7.06. The molecule has 0 heterocycles. The molecule has 4 nitrogen and oxygen atoms in total. The largest absolute Gasteiger partial charge is 0.496 e. The Morgan fingerprint density at radius 1 is 1.19 bits per heavy atom. The second-order valence-electron chi connectivity index (χ2n) is 5.48. The average molecular weight is 287 g/mol. The van der Waals surface area contributed by atoms with E-state index in [2.05, 4.69) is 19.2 Å². The van der Waals surface area contributed by atoms with Gasteiger partial charge in [0.15, 0.2) is 0 Å². The van der Waals surface area contributed by atoms with Crippen molar-refractivity contribution in [3.63, 3.8) is 0 Å². The third-order valence-electron chi connectivity index (χ3n) is 3.43. The van der Waals surface area contributed by atoms with E-state index in [4.69, 9.17) is 4.74 Å². The average Bonchev–Trinajstić information content (AvgIpc) is 2.46. The number of hydrogen-bond donors (Lipinski definition) is 2. The van der Waals surface area contributed by atoms with Crippen LogP contribution in [0.1, 0.15) is 25.5 Å². The molecule has 21 heavy (non-hydrogen) atoms. The van der Waals surface area contributed by atoms with E-state index in [1.165, 1.54) is 0 Å². The maximum atomic E-state index is 11.6. The van der Waals surface area contributed by atoms with Crippen molar-refractivity contribution >= 4 is 16.7 Å². The number of fused-ring (bicyclic) bond motifs is 1. The molecule has 0 bridgehead atoms. The molecule has 2 rings (SSSR count). The van der Waals surface area contributed by atoms with Crippen molar-refractivity contribution in [2.24, 2.45) is 5.92 Å². The molecule has 2 aromatic rings. The lowest BCUT2D eigenvalue weighted by atomic mass is 9.97. The fourth-order valence-electron chi connectivity index (χ4n) is 2.41. The summed E-state index contributed by atoms with van der Waals surface area (Å²) >= 11 is 0. The zero-order chi connectivity index (χ0) is 15.4. The van der Waals surface area contributed by atoms with Crippen LogP contribution in [0.4, 0.5) is 0 Å². The summed E-state index contributed by atoms with van der Waals surface area (Å²) in [5.41, 5.74) is 0.763. The number of ether oxygens (including phenoxy) is 1. The lowest BCUT2D eigenvalue weighted by Gasteiger charge is -2.19. The monoisotopic (exact) mass is 287 g/mol. The smallest absolute Gasteiger partial charge is 0.325 e. The number of nitrogens with one attached hydrogen (secondary N) is 1. The minimum Gasteiger partial charge on any atom is -0.496 e. The van der Waals surface area contributed by atoms with Gasteiger partial charge in [0.2, 0.25) is 0 Å². The Labute approximate surface area is 124 Å². The maximum absolute atomic E-state index is 11.6. The van der Waals surface area contributed by atoms with Gasteiger partial charge in [-0.1, -0.05) is 44.2 Å². The Balaban J connectivity index is 2.50. The fourth-order valence-corrected chi connectivity index (χ4v) is 2.41. The summed E-state index contributed by atoms with van der Waals surface area (Å²) in [6, 6.07) is 10.6. The number of hydrogen-bond acceptors (Lipinski definition) is 3. The Bertz CT molecular complexity index is 637. The predicted molar refractivity (Wildman–Crippen MR) is 83.7 cm³/mol. The van der Waals surface area contributed by atoms with Gasteiger partial charge in [-0.15, -0.1) is 0 Å². The topological polar surface area (TPSA) is 58.6 Å². The van der Waals surface area contributed by atoms with Crippen LogP contribution in [0.3, 0.4) is 0 Å². The quantitative estimate of drug-likeness (QED) is 0.856. The molecule has 0 aliphatic heterocycles. The molecule has 0 saturated heterocycles. The van der Waals surface area contributed by atoms with Gasteiger partial charge in [0, 0.05) is 5.39 Å². The second kappa shape index (κ2) is 6.59. The van der Waals surface area contributed by atoms with Crippen molar-refractivity contribution in [2.45, 2.75) is 19.9 Å².